The smallest absolute Gasteiger partial charge is 0.407 e. The minimum atomic E-state index is -0.564. The third-order valence-electron chi connectivity index (χ3n) is 3.32. The lowest BCUT2D eigenvalue weighted by Gasteiger charge is -2.11. The third kappa shape index (κ3) is 2.80. The Balaban J connectivity index is 1.74. The van der Waals surface area contributed by atoms with Crippen LogP contribution in [0.2, 0.25) is 0 Å². The van der Waals surface area contributed by atoms with Crippen LogP contribution in [0, 0.1) is 5.41 Å². The number of nitrogens with one attached hydrogen (secondary N) is 1. The van der Waals surface area contributed by atoms with E-state index in [4.69, 9.17) is 14.9 Å². The molecule has 1 fully saturated rings. The molecule has 98 valence electrons. The number of aliphatic hydroxyl groups excluding tert-OH is 2. The van der Waals surface area contributed by atoms with Gasteiger partial charge in [0.15, 0.2) is 0 Å². The van der Waals surface area contributed by atoms with Gasteiger partial charge in [-0.15, -0.1) is 0 Å². The first-order valence-electron chi connectivity index (χ1n) is 5.89. The van der Waals surface area contributed by atoms with Crippen LogP contribution in [0.4, 0.5) is 4.79 Å². The zero-order valence-corrected chi connectivity index (χ0v) is 10.0. The summed E-state index contributed by atoms with van der Waals surface area (Å²) in [6, 6.07) is 9.19. The van der Waals surface area contributed by atoms with Gasteiger partial charge < -0.3 is 20.3 Å². The van der Waals surface area contributed by atoms with Crippen LogP contribution in [0.5, 0.6) is 0 Å². The van der Waals surface area contributed by atoms with Crippen molar-refractivity contribution in [3.8, 4) is 0 Å². The van der Waals surface area contributed by atoms with Crippen molar-refractivity contribution in [3.05, 3.63) is 35.9 Å². The van der Waals surface area contributed by atoms with Gasteiger partial charge in [-0.25, -0.2) is 4.79 Å². The third-order valence-corrected chi connectivity index (χ3v) is 3.32. The summed E-state index contributed by atoms with van der Waals surface area (Å²) < 4.78 is 5.05. The average Bonchev–Trinajstić information content (AvgIpc) is 3.11. The van der Waals surface area contributed by atoms with Gasteiger partial charge >= 0.3 is 6.09 Å². The van der Waals surface area contributed by atoms with Gasteiger partial charge in [0.25, 0.3) is 0 Å². The molecule has 1 aromatic carbocycles. The topological polar surface area (TPSA) is 78.8 Å². The SMILES string of the molecule is O=C(NC1CC1(CO)CO)OCc1ccccc1. The van der Waals surface area contributed by atoms with Crippen LogP contribution >= 0.6 is 0 Å². The molecule has 1 amide bonds. The highest BCUT2D eigenvalue weighted by molar-refractivity contribution is 5.68. The lowest BCUT2D eigenvalue weighted by Crippen LogP contribution is -2.32. The predicted octanol–water partition coefficient (Wildman–Crippen LogP) is 0.656. The molecule has 1 aliphatic rings. The molecule has 0 spiro atoms. The van der Waals surface area contributed by atoms with Gasteiger partial charge in [0.1, 0.15) is 6.61 Å². The molecule has 0 heterocycles. The first-order chi connectivity index (χ1) is 8.70. The Labute approximate surface area is 105 Å². The molecular formula is C13H17NO4. The number of rotatable bonds is 5. The first-order valence-corrected chi connectivity index (χ1v) is 5.89. The molecule has 1 unspecified atom stereocenters. The number of carbonyl (C=O) groups is 1. The second-order valence-corrected chi connectivity index (χ2v) is 4.64. The Morgan fingerprint density at radius 1 is 1.33 bits per heavy atom. The van der Waals surface area contributed by atoms with Gasteiger partial charge in [-0.2, -0.15) is 0 Å². The highest BCUT2D eigenvalue weighted by Gasteiger charge is 2.54. The van der Waals surface area contributed by atoms with E-state index in [0.29, 0.717) is 6.42 Å². The van der Waals surface area contributed by atoms with Gasteiger partial charge in [-0.1, -0.05) is 30.3 Å². The summed E-state index contributed by atoms with van der Waals surface area (Å²) >= 11 is 0. The summed E-state index contributed by atoms with van der Waals surface area (Å²) in [6.45, 7) is -0.0507. The van der Waals surface area contributed by atoms with Crippen molar-refractivity contribution >= 4 is 6.09 Å². The molecule has 1 aromatic rings. The Morgan fingerprint density at radius 2 is 2.00 bits per heavy atom. The fraction of sp³-hybridized carbons (Fsp3) is 0.462. The van der Waals surface area contributed by atoms with Crippen molar-refractivity contribution in [1.29, 1.82) is 0 Å². The zero-order valence-electron chi connectivity index (χ0n) is 10.0. The van der Waals surface area contributed by atoms with E-state index in [2.05, 4.69) is 5.32 Å². The second-order valence-electron chi connectivity index (χ2n) is 4.64. The predicted molar refractivity (Wildman–Crippen MR) is 64.8 cm³/mol. The van der Waals surface area contributed by atoms with E-state index in [1.165, 1.54) is 0 Å². The second kappa shape index (κ2) is 5.37. The molecule has 0 bridgehead atoms. The van der Waals surface area contributed by atoms with E-state index < -0.39 is 11.5 Å². The van der Waals surface area contributed by atoms with Crippen molar-refractivity contribution in [2.24, 2.45) is 5.41 Å². The maximum Gasteiger partial charge on any atom is 0.407 e. The fourth-order valence-corrected chi connectivity index (χ4v) is 1.86. The molecule has 0 radical (unpaired) electrons. The largest absolute Gasteiger partial charge is 0.445 e. The Morgan fingerprint density at radius 3 is 2.56 bits per heavy atom. The molecular weight excluding hydrogens is 234 g/mol. The van der Waals surface area contributed by atoms with Crippen LogP contribution in [-0.2, 0) is 11.3 Å². The summed E-state index contributed by atoms with van der Waals surface area (Å²) in [5.74, 6) is 0. The van der Waals surface area contributed by atoms with E-state index in [1.54, 1.807) is 0 Å². The van der Waals surface area contributed by atoms with E-state index in [9.17, 15) is 4.79 Å². The molecule has 1 saturated carbocycles. The van der Waals surface area contributed by atoms with Crippen LogP contribution in [0.25, 0.3) is 0 Å². The monoisotopic (exact) mass is 251 g/mol. The minimum absolute atomic E-state index is 0.132. The van der Waals surface area contributed by atoms with Crippen molar-refractivity contribution < 1.29 is 19.7 Å². The van der Waals surface area contributed by atoms with Gasteiger partial charge in [0.05, 0.1) is 13.2 Å². The van der Waals surface area contributed by atoms with Gasteiger partial charge in [-0.05, 0) is 12.0 Å². The lowest BCUT2D eigenvalue weighted by atomic mass is 10.1. The molecule has 2 rings (SSSR count). The zero-order chi connectivity index (χ0) is 13.0. The Hall–Kier alpha value is -1.59. The summed E-state index contributed by atoms with van der Waals surface area (Å²) in [5.41, 5.74) is 0.352. The molecule has 5 heteroatoms. The molecule has 0 saturated heterocycles. The summed E-state index contributed by atoms with van der Waals surface area (Å²) in [7, 11) is 0. The van der Waals surface area contributed by atoms with Crippen molar-refractivity contribution in [3.63, 3.8) is 0 Å². The van der Waals surface area contributed by atoms with Crippen LogP contribution < -0.4 is 5.32 Å². The Kier molecular flexibility index (Phi) is 3.84. The number of ether oxygens (including phenoxy) is 1. The van der Waals surface area contributed by atoms with Crippen molar-refractivity contribution in [2.75, 3.05) is 13.2 Å². The quantitative estimate of drug-likeness (QED) is 0.718. The molecule has 5 nitrogen and oxygen atoms in total. The van der Waals surface area contributed by atoms with E-state index >= 15 is 0 Å². The van der Waals surface area contributed by atoms with Gasteiger partial charge in [0, 0.05) is 11.5 Å². The Bertz CT molecular complexity index is 403. The van der Waals surface area contributed by atoms with Crippen molar-refractivity contribution in [2.45, 2.75) is 19.1 Å². The highest BCUT2D eigenvalue weighted by atomic mass is 16.5. The van der Waals surface area contributed by atoms with Crippen molar-refractivity contribution in [1.82, 2.24) is 5.32 Å². The maximum absolute atomic E-state index is 11.5. The van der Waals surface area contributed by atoms with Gasteiger partial charge in [-0.3, -0.25) is 0 Å². The van der Waals surface area contributed by atoms with Crippen LogP contribution in [0.3, 0.4) is 0 Å². The molecule has 0 aliphatic heterocycles. The number of benzene rings is 1. The van der Waals surface area contributed by atoms with E-state index in [0.717, 1.165) is 5.56 Å². The summed E-state index contributed by atoms with van der Waals surface area (Å²) in [6.07, 6.45) is 0.0631. The molecule has 0 aromatic heterocycles. The van der Waals surface area contributed by atoms with E-state index in [-0.39, 0.29) is 25.9 Å². The minimum Gasteiger partial charge on any atom is -0.445 e. The highest BCUT2D eigenvalue weighted by Crippen LogP contribution is 2.44. The number of carbonyl (C=O) groups excluding carboxylic acids is 1. The molecule has 3 N–H and O–H groups in total. The number of amides is 1. The standard InChI is InChI=1S/C13H17NO4/c15-8-13(9-16)6-11(13)14-12(17)18-7-10-4-2-1-3-5-10/h1-5,11,15-16H,6-9H2,(H,14,17). The summed E-state index contributed by atoms with van der Waals surface area (Å²) in [4.78, 5) is 11.5. The average molecular weight is 251 g/mol. The fourth-order valence-electron chi connectivity index (χ4n) is 1.86. The first kappa shape index (κ1) is 12.9. The number of alkyl carbamates (subject to hydrolysis) is 1. The number of hydrogen-bond donors (Lipinski definition) is 3. The molecule has 1 aliphatic carbocycles. The molecule has 1 atom stereocenters. The van der Waals surface area contributed by atoms with Crippen LogP contribution in [0.1, 0.15) is 12.0 Å². The number of hydrogen-bond acceptors (Lipinski definition) is 4. The maximum atomic E-state index is 11.5. The van der Waals surface area contributed by atoms with E-state index in [1.807, 2.05) is 30.3 Å². The van der Waals surface area contributed by atoms with Crippen LogP contribution in [0.15, 0.2) is 30.3 Å². The normalized spacial score (nSPS) is 20.2. The van der Waals surface area contributed by atoms with Crippen LogP contribution in [-0.4, -0.2) is 35.6 Å². The number of aliphatic hydroxyl groups is 2. The lowest BCUT2D eigenvalue weighted by molar-refractivity contribution is 0.116. The molecule has 18 heavy (non-hydrogen) atoms. The van der Waals surface area contributed by atoms with Gasteiger partial charge in [0.2, 0.25) is 0 Å². The summed E-state index contributed by atoms with van der Waals surface area (Å²) in [5, 5.41) is 20.8.